The number of aryl methyl sites for hydroxylation is 2. The number of Topliss-reactive ketones (excluding diaryl/α,β-unsaturated/α-hetero) is 1. The predicted molar refractivity (Wildman–Crippen MR) is 118 cm³/mol. The van der Waals surface area contributed by atoms with Crippen molar-refractivity contribution in [1.29, 1.82) is 0 Å². The lowest BCUT2D eigenvalue weighted by molar-refractivity contribution is -0.117. The second-order valence-corrected chi connectivity index (χ2v) is 8.53. The number of carbonyl (C=O) groups excluding carboxylic acids is 2. The van der Waals surface area contributed by atoms with E-state index in [2.05, 4.69) is 4.98 Å². The molecule has 0 saturated carbocycles. The Labute approximate surface area is 182 Å². The first-order valence-corrected chi connectivity index (χ1v) is 10.6. The Morgan fingerprint density at radius 1 is 1.10 bits per heavy atom. The van der Waals surface area contributed by atoms with Crippen LogP contribution < -0.4 is 4.90 Å². The van der Waals surface area contributed by atoms with E-state index in [-0.39, 0.29) is 5.57 Å². The Balaban J connectivity index is 1.72. The molecule has 0 saturated heterocycles. The number of fused-ring (bicyclic) bond motifs is 1. The summed E-state index contributed by atoms with van der Waals surface area (Å²) in [5.74, 6) is -1.23. The molecule has 154 valence electrons. The lowest BCUT2D eigenvalue weighted by Crippen LogP contribution is -2.31. The van der Waals surface area contributed by atoms with Crippen molar-refractivity contribution in [3.05, 3.63) is 93.5 Å². The third kappa shape index (κ3) is 2.97. The fraction of sp³-hybridized carbons (Fsp3) is 0.125. The molecule has 5 rings (SSSR count). The maximum absolute atomic E-state index is 13.5. The maximum Gasteiger partial charge on any atom is 0.294 e. The average molecular weight is 430 g/mol. The number of aliphatic hydroxyl groups is 1. The van der Waals surface area contributed by atoms with E-state index in [1.807, 2.05) is 43.3 Å². The molecular weight excluding hydrogens is 412 g/mol. The Kier molecular flexibility index (Phi) is 4.48. The van der Waals surface area contributed by atoms with Crippen molar-refractivity contribution in [3.8, 4) is 0 Å². The van der Waals surface area contributed by atoms with Crippen LogP contribution in [0.15, 0.2) is 76.6 Å². The number of thiazole rings is 1. The van der Waals surface area contributed by atoms with Gasteiger partial charge in [-0.25, -0.2) is 4.98 Å². The molecule has 31 heavy (non-hydrogen) atoms. The number of aliphatic hydroxyl groups excluding tert-OH is 1. The first kappa shape index (κ1) is 19.3. The van der Waals surface area contributed by atoms with E-state index >= 15 is 0 Å². The van der Waals surface area contributed by atoms with Gasteiger partial charge in [0.15, 0.2) is 5.76 Å². The molecule has 0 fully saturated rings. The number of ketones is 1. The molecule has 6 nitrogen and oxygen atoms in total. The zero-order chi connectivity index (χ0) is 21.7. The third-order valence-corrected chi connectivity index (χ3v) is 6.47. The molecule has 1 aliphatic rings. The minimum atomic E-state index is -0.886. The van der Waals surface area contributed by atoms with E-state index in [4.69, 9.17) is 4.42 Å². The Morgan fingerprint density at radius 3 is 2.58 bits per heavy atom. The monoisotopic (exact) mass is 430 g/mol. The van der Waals surface area contributed by atoms with Crippen LogP contribution in [0.2, 0.25) is 0 Å². The summed E-state index contributed by atoms with van der Waals surface area (Å²) in [4.78, 5) is 33.0. The summed E-state index contributed by atoms with van der Waals surface area (Å²) in [5, 5.41) is 13.4. The summed E-state index contributed by atoms with van der Waals surface area (Å²) in [7, 11) is 0. The molecule has 2 aromatic heterocycles. The molecule has 1 unspecified atom stereocenters. The smallest absolute Gasteiger partial charge is 0.294 e. The number of benzene rings is 2. The summed E-state index contributed by atoms with van der Waals surface area (Å²) in [6, 6.07) is 15.8. The third-order valence-electron chi connectivity index (χ3n) is 5.40. The van der Waals surface area contributed by atoms with Gasteiger partial charge in [-0.1, -0.05) is 36.4 Å². The number of anilines is 1. The SMILES string of the molecule is Cc1nc(C)c(C(=O)C2=C(O)C(=O)N(c3cccc4ccccc34)C2c2ccco2)s1. The van der Waals surface area contributed by atoms with Gasteiger partial charge in [-0.15, -0.1) is 11.3 Å². The highest BCUT2D eigenvalue weighted by atomic mass is 32.1. The van der Waals surface area contributed by atoms with Crippen molar-refractivity contribution in [2.24, 2.45) is 0 Å². The van der Waals surface area contributed by atoms with Crippen LogP contribution in [0.1, 0.15) is 32.2 Å². The van der Waals surface area contributed by atoms with Gasteiger partial charge in [0.1, 0.15) is 11.8 Å². The first-order valence-electron chi connectivity index (χ1n) is 9.74. The summed E-state index contributed by atoms with van der Waals surface area (Å²) < 4.78 is 5.63. The molecular formula is C24H18N2O4S. The molecule has 4 aromatic rings. The van der Waals surface area contributed by atoms with Gasteiger partial charge >= 0.3 is 0 Å². The van der Waals surface area contributed by atoms with E-state index in [0.717, 1.165) is 15.8 Å². The number of furan rings is 1. The lowest BCUT2D eigenvalue weighted by Gasteiger charge is -2.26. The molecule has 1 amide bonds. The number of amides is 1. The van der Waals surface area contributed by atoms with Gasteiger partial charge in [0.25, 0.3) is 5.91 Å². The zero-order valence-corrected chi connectivity index (χ0v) is 17.6. The van der Waals surface area contributed by atoms with Crippen molar-refractivity contribution in [2.45, 2.75) is 19.9 Å². The van der Waals surface area contributed by atoms with Crippen molar-refractivity contribution in [3.63, 3.8) is 0 Å². The van der Waals surface area contributed by atoms with Crippen LogP contribution in [-0.2, 0) is 4.79 Å². The highest BCUT2D eigenvalue weighted by Gasteiger charge is 2.47. The van der Waals surface area contributed by atoms with E-state index in [9.17, 15) is 14.7 Å². The molecule has 0 radical (unpaired) electrons. The van der Waals surface area contributed by atoms with Crippen LogP contribution in [0.3, 0.4) is 0 Å². The van der Waals surface area contributed by atoms with Crippen LogP contribution in [0.25, 0.3) is 10.8 Å². The summed E-state index contributed by atoms with van der Waals surface area (Å²) >= 11 is 1.25. The van der Waals surface area contributed by atoms with Crippen LogP contribution in [-0.4, -0.2) is 21.8 Å². The largest absolute Gasteiger partial charge is 0.503 e. The van der Waals surface area contributed by atoms with Crippen molar-refractivity contribution in [2.75, 3.05) is 4.90 Å². The topological polar surface area (TPSA) is 83.6 Å². The van der Waals surface area contributed by atoms with E-state index in [1.54, 1.807) is 25.1 Å². The first-order chi connectivity index (χ1) is 15.0. The van der Waals surface area contributed by atoms with Crippen LogP contribution in [0, 0.1) is 13.8 Å². The van der Waals surface area contributed by atoms with Crippen molar-refractivity contribution in [1.82, 2.24) is 4.98 Å². The van der Waals surface area contributed by atoms with Crippen LogP contribution in [0.5, 0.6) is 0 Å². The summed E-state index contributed by atoms with van der Waals surface area (Å²) in [6.45, 7) is 3.56. The quantitative estimate of drug-likeness (QED) is 0.445. The molecule has 0 aliphatic carbocycles. The molecule has 1 N–H and O–H groups in total. The number of hydrogen-bond donors (Lipinski definition) is 1. The maximum atomic E-state index is 13.5. The minimum Gasteiger partial charge on any atom is -0.503 e. The number of nitrogens with zero attached hydrogens (tertiary/aromatic N) is 2. The number of rotatable bonds is 4. The van der Waals surface area contributed by atoms with Gasteiger partial charge in [-0.3, -0.25) is 14.5 Å². The number of hydrogen-bond acceptors (Lipinski definition) is 6. The second-order valence-electron chi connectivity index (χ2n) is 7.33. The van der Waals surface area contributed by atoms with E-state index in [0.29, 0.717) is 22.0 Å². The number of aromatic nitrogens is 1. The van der Waals surface area contributed by atoms with Crippen LogP contribution in [0.4, 0.5) is 5.69 Å². The molecule has 7 heteroatoms. The van der Waals surface area contributed by atoms with Gasteiger partial charge in [-0.05, 0) is 37.4 Å². The van der Waals surface area contributed by atoms with E-state index in [1.165, 1.54) is 22.5 Å². The fourth-order valence-corrected chi connectivity index (χ4v) is 4.96. The molecule has 3 heterocycles. The molecule has 1 aliphatic heterocycles. The lowest BCUT2D eigenvalue weighted by atomic mass is 9.98. The van der Waals surface area contributed by atoms with E-state index < -0.39 is 23.5 Å². The fourth-order valence-electron chi connectivity index (χ4n) is 4.08. The molecule has 2 aromatic carbocycles. The van der Waals surface area contributed by atoms with Gasteiger partial charge in [0, 0.05) is 5.39 Å². The van der Waals surface area contributed by atoms with Gasteiger partial charge in [0.2, 0.25) is 5.78 Å². The minimum absolute atomic E-state index is 0.000339. The average Bonchev–Trinajstić information content (AvgIpc) is 3.47. The standard InChI is InChI=1S/C24H18N2O4S/c1-13-23(31-14(2)25-13)21(27)19-20(18-11-6-12-30-18)26(24(29)22(19)28)17-10-5-8-15-7-3-4-9-16(15)17/h3-12,20,28H,1-2H3. The normalized spacial score (nSPS) is 16.5. The van der Waals surface area contributed by atoms with Crippen molar-refractivity contribution >= 4 is 39.5 Å². The van der Waals surface area contributed by atoms with Crippen LogP contribution >= 0.6 is 11.3 Å². The zero-order valence-electron chi connectivity index (χ0n) is 16.8. The molecule has 0 bridgehead atoms. The summed E-state index contributed by atoms with van der Waals surface area (Å²) in [6.07, 6.45) is 1.49. The Hall–Kier alpha value is -3.71. The highest BCUT2D eigenvalue weighted by Crippen LogP contribution is 2.44. The van der Waals surface area contributed by atoms with Gasteiger partial charge in [0.05, 0.1) is 33.1 Å². The molecule has 0 spiro atoms. The second kappa shape index (κ2) is 7.21. The Bertz CT molecular complexity index is 1360. The molecule has 1 atom stereocenters. The van der Waals surface area contributed by atoms with Crippen molar-refractivity contribution < 1.29 is 19.1 Å². The Morgan fingerprint density at radius 2 is 1.87 bits per heavy atom. The number of carbonyl (C=O) groups is 2. The highest BCUT2D eigenvalue weighted by molar-refractivity contribution is 7.14. The predicted octanol–water partition coefficient (Wildman–Crippen LogP) is 5.29. The summed E-state index contributed by atoms with van der Waals surface area (Å²) in [5.41, 5.74) is 1.16. The van der Waals surface area contributed by atoms with Gasteiger partial charge in [-0.2, -0.15) is 0 Å². The van der Waals surface area contributed by atoms with Gasteiger partial charge < -0.3 is 9.52 Å².